The molecule has 52 nitrogen and oxygen atoms in total. The van der Waals surface area contributed by atoms with E-state index >= 15 is 0 Å². The van der Waals surface area contributed by atoms with Crippen LogP contribution in [0.2, 0.25) is 0 Å². The Morgan fingerprint density at radius 2 is 0.742 bits per heavy atom. The number of nitrogen functional groups attached to an aromatic ring is 2. The van der Waals surface area contributed by atoms with Crippen LogP contribution in [0.3, 0.4) is 0 Å². The van der Waals surface area contributed by atoms with Crippen LogP contribution in [0.25, 0.3) is 41.8 Å². The average molecular weight is 1770 g/mol. The Morgan fingerprint density at radius 1 is 0.427 bits per heavy atom. The van der Waals surface area contributed by atoms with E-state index in [4.69, 9.17) is 65.2 Å². The van der Waals surface area contributed by atoms with E-state index in [1.165, 1.54) is 86.9 Å². The monoisotopic (exact) mass is 1770 g/mol. The Kier molecular flexibility index (Phi) is 35.0. The number of aromatic amines is 2. The number of H-pyrrole nitrogens is 2. The van der Waals surface area contributed by atoms with E-state index in [-0.39, 0.29) is 58.7 Å². The van der Waals surface area contributed by atoms with Gasteiger partial charge in [0.25, 0.3) is 11.1 Å². The van der Waals surface area contributed by atoms with Crippen molar-refractivity contribution in [2.24, 2.45) is 20.5 Å². The first-order chi connectivity index (χ1) is 58.1. The number of carbonyl (C=O) groups is 7. The molecule has 13 N–H and O–H groups in total. The van der Waals surface area contributed by atoms with Crippen molar-refractivity contribution >= 4 is 78.2 Å². The van der Waals surface area contributed by atoms with Crippen LogP contribution in [0.1, 0.15) is 87.1 Å². The summed E-state index contributed by atoms with van der Waals surface area (Å²) in [5.74, 6) is -5.45. The molecule has 0 radical (unpaired) electrons. The van der Waals surface area contributed by atoms with Crippen molar-refractivity contribution in [2.75, 3.05) is 37.9 Å². The maximum absolute atomic E-state index is 13.0. The van der Waals surface area contributed by atoms with E-state index < -0.39 is 199 Å². The van der Waals surface area contributed by atoms with E-state index in [9.17, 15) is 109 Å². The standard InChI is InChI=1S/C25H21N5O9.C23H19N5O8.2C9H12N6O5.C4H6O3.2ClH/c1-15(31)37-20-19(38-23(34)17-10-6-3-7-11-17)21(30-13-12-18(32)27-24(30)35)39-25(20,28-29-26)14-36-22(33)16-8-4-2-5-9-16;24-27-26-23(13-34-20(31)14-7-3-1-4-8-14)18(30)17(35-21(32)15-9-5-2-6-10-15)19(36-23)28-12-11-16(29)25-22(28)33;2*10-4-1-2-15(8(19)12-4)7-5(17)6(18)9(3-16,20-7)13-14-11;1-3(5)7-4(2)6;;/h2-13,19-21H,14H2,1H3,(H,27,32,35);1-12,17-19,30H,13H2,(H,25,29,33);2*1-2,5-7,16-18H,3H2,(H2,10,12,19);1-2H3;2*1H/t19-,20+,21-,25-;17-,18+,19-,23-;2*5-,6+,7-,9-;;;/m1111.../s1. The predicted molar refractivity (Wildman–Crippen MR) is 418 cm³/mol. The SMILES string of the molecule is CC(=O)OC(C)=O.CC(=O)O[C@H]1[C@@H](OC(=O)c2ccccc2)[C@H](n2ccc(=O)[nH]c2=O)O[C@@]1(COC(=O)c1ccccc1)N=[N+]=[N-].Cl.Cl.[N-]=[N+]=N[C@]1(CO)O[C@@H](n2ccc(N)nc2=O)[C@H](O)[C@@H]1O.[N-]=[N+]=N[C@]1(CO)O[C@@H](n2ccc(N)nc2=O)[C@H](O)[C@@H]1O.[N-]=[N+]=N[C@]1(COC(=O)c2ccccc2)O[C@@H](n2ccc(=O)[nH]c2=O)[C@H](OC(=O)c2ccccc2)[C@@H]1O. The number of nitrogens with one attached hydrogen (secondary N) is 2. The minimum atomic E-state index is -2.28. The summed E-state index contributed by atoms with van der Waals surface area (Å²) in [6, 6.07) is 35.9. The summed E-state index contributed by atoms with van der Waals surface area (Å²) >= 11 is 0. The molecule has 0 saturated carbocycles. The van der Waals surface area contributed by atoms with Gasteiger partial charge in [0, 0.05) is 77.3 Å². The lowest BCUT2D eigenvalue weighted by Crippen LogP contribution is -2.49. The highest BCUT2D eigenvalue weighted by molar-refractivity contribution is 5.91. The summed E-state index contributed by atoms with van der Waals surface area (Å²) < 4.78 is 56.6. The van der Waals surface area contributed by atoms with Gasteiger partial charge in [-0.1, -0.05) is 93.3 Å². The van der Waals surface area contributed by atoms with E-state index in [1.54, 1.807) is 72.8 Å². The number of rotatable bonds is 21. The number of anilines is 2. The highest BCUT2D eigenvalue weighted by Gasteiger charge is 2.63. The molecule has 4 aromatic heterocycles. The number of carbonyl (C=O) groups excluding carboxylic acids is 7. The molecule has 4 fully saturated rings. The van der Waals surface area contributed by atoms with Gasteiger partial charge < -0.3 is 94.6 Å². The van der Waals surface area contributed by atoms with E-state index in [0.29, 0.717) is 0 Å². The number of azide groups is 4. The second kappa shape index (κ2) is 44.1. The fraction of sp³-hybridized carbons (Fsp3) is 0.329. The maximum Gasteiger partial charge on any atom is 0.351 e. The van der Waals surface area contributed by atoms with Crippen molar-refractivity contribution in [1.82, 2.24) is 38.2 Å². The average Bonchev–Trinajstić information content (AvgIpc) is 1.59. The molecule has 0 amide bonds. The molecule has 0 unspecified atom stereocenters. The van der Waals surface area contributed by atoms with Crippen LogP contribution in [0, 0.1) is 0 Å². The third kappa shape index (κ3) is 23.5. The molecule has 4 aromatic carbocycles. The molecule has 124 heavy (non-hydrogen) atoms. The summed E-state index contributed by atoms with van der Waals surface area (Å²) in [7, 11) is 0. The van der Waals surface area contributed by atoms with Crippen molar-refractivity contribution in [2.45, 2.75) is 117 Å². The highest BCUT2D eigenvalue weighted by Crippen LogP contribution is 2.44. The minimum Gasteiger partial charge on any atom is -0.459 e. The number of benzene rings is 4. The van der Waals surface area contributed by atoms with Crippen LogP contribution in [0.4, 0.5) is 11.6 Å². The number of ether oxygens (including phenoxy) is 10. The largest absolute Gasteiger partial charge is 0.459 e. The fourth-order valence-electron chi connectivity index (χ4n) is 11.6. The topological polar surface area (TPSA) is 780 Å². The van der Waals surface area contributed by atoms with Crippen LogP contribution >= 0.6 is 24.8 Å². The first kappa shape index (κ1) is 98.3. The number of halogens is 2. The molecule has 4 aliphatic heterocycles. The first-order valence-corrected chi connectivity index (χ1v) is 34.8. The number of aliphatic hydroxyl groups is 7. The Labute approximate surface area is 703 Å². The fourth-order valence-corrected chi connectivity index (χ4v) is 11.6. The molecular weight excluding hydrogens is 1700 g/mol. The highest BCUT2D eigenvalue weighted by atomic mass is 35.5. The van der Waals surface area contributed by atoms with Crippen molar-refractivity contribution in [3.8, 4) is 0 Å². The molecule has 4 aliphatic rings. The maximum atomic E-state index is 13.0. The number of hydrogen-bond acceptors (Lipinski definition) is 38. The Balaban J connectivity index is 0.000000257. The van der Waals surface area contributed by atoms with Gasteiger partial charge >= 0.3 is 64.5 Å². The van der Waals surface area contributed by atoms with E-state index in [2.05, 4.69) is 54.8 Å². The lowest BCUT2D eigenvalue weighted by atomic mass is 10.0. The summed E-state index contributed by atoms with van der Waals surface area (Å²) in [4.78, 5) is 176. The normalized spacial score (nSPS) is 24.5. The number of aliphatic hydroxyl groups excluding tert-OH is 7. The zero-order chi connectivity index (χ0) is 89.4. The van der Waals surface area contributed by atoms with Crippen molar-refractivity contribution < 1.29 is 117 Å². The van der Waals surface area contributed by atoms with Crippen LogP contribution < -0.4 is 45.3 Å². The van der Waals surface area contributed by atoms with Gasteiger partial charge in [0.2, 0.25) is 22.9 Å². The second-order valence-electron chi connectivity index (χ2n) is 25.4. The molecule has 656 valence electrons. The molecule has 4 saturated heterocycles. The molecule has 8 heterocycles. The lowest BCUT2D eigenvalue weighted by molar-refractivity contribution is -0.166. The van der Waals surface area contributed by atoms with Gasteiger partial charge in [-0.2, -0.15) is 9.97 Å². The van der Waals surface area contributed by atoms with E-state index in [1.807, 2.05) is 9.97 Å². The number of aromatic nitrogens is 8. The summed E-state index contributed by atoms with van der Waals surface area (Å²) in [6.07, 6.45) is -14.8. The molecule has 0 bridgehead atoms. The number of esters is 7. The molecule has 8 aromatic rings. The summed E-state index contributed by atoms with van der Waals surface area (Å²) in [5, 5.41) is 82.6. The van der Waals surface area contributed by atoms with Crippen molar-refractivity contribution in [3.63, 3.8) is 0 Å². The van der Waals surface area contributed by atoms with Crippen molar-refractivity contribution in [1.29, 1.82) is 0 Å². The lowest BCUT2D eigenvalue weighted by Gasteiger charge is -2.29. The molecular formula is C70H72Cl2N22O30. The second-order valence-corrected chi connectivity index (χ2v) is 25.4. The van der Waals surface area contributed by atoms with Crippen LogP contribution in [0.5, 0.6) is 0 Å². The molecule has 0 aliphatic carbocycles. The van der Waals surface area contributed by atoms with Gasteiger partial charge in [0.05, 0.1) is 35.5 Å². The van der Waals surface area contributed by atoms with Gasteiger partial charge in [-0.05, 0) is 82.8 Å². The third-order valence-electron chi connectivity index (χ3n) is 17.3. The Bertz CT molecular complexity index is 5600. The molecule has 0 spiro atoms. The van der Waals surface area contributed by atoms with Gasteiger partial charge in [-0.3, -0.25) is 52.2 Å². The minimum absolute atomic E-state index is 0. The number of nitrogens with two attached hydrogens (primary N) is 2. The van der Waals surface area contributed by atoms with Gasteiger partial charge in [0.1, 0.15) is 55.4 Å². The molecule has 16 atom stereocenters. The predicted octanol–water partition coefficient (Wildman–Crippen LogP) is 0.691. The third-order valence-corrected chi connectivity index (χ3v) is 17.3. The number of nitrogens with zero attached hydrogens (tertiary/aromatic N) is 18. The Hall–Kier alpha value is -14.5. The van der Waals surface area contributed by atoms with E-state index in [0.717, 1.165) is 49.7 Å². The smallest absolute Gasteiger partial charge is 0.351 e. The molecule has 54 heteroatoms. The summed E-state index contributed by atoms with van der Waals surface area (Å²) in [6.45, 7) is 0.0950. The zero-order valence-corrected chi connectivity index (χ0v) is 65.6. The van der Waals surface area contributed by atoms with Crippen LogP contribution in [0.15, 0.2) is 220 Å². The zero-order valence-electron chi connectivity index (χ0n) is 64.0. The van der Waals surface area contributed by atoms with Gasteiger partial charge in [-0.25, -0.2) is 38.4 Å². The van der Waals surface area contributed by atoms with Crippen molar-refractivity contribution in [3.05, 3.63) is 297 Å². The first-order valence-electron chi connectivity index (χ1n) is 34.8. The Morgan fingerprint density at radius 3 is 1.07 bits per heavy atom. The quantitative estimate of drug-likeness (QED) is 0.0118. The van der Waals surface area contributed by atoms with Gasteiger partial charge in [0.15, 0.2) is 43.2 Å². The number of hydrogen-bond donors (Lipinski definition) is 11. The van der Waals surface area contributed by atoms with Crippen LogP contribution in [-0.2, 0) is 61.8 Å². The van der Waals surface area contributed by atoms with Crippen LogP contribution in [-0.4, -0.2) is 214 Å². The summed E-state index contributed by atoms with van der Waals surface area (Å²) in [5.41, 5.74) is 33.1. The van der Waals surface area contributed by atoms with Gasteiger partial charge in [-0.15, -0.1) is 24.8 Å². The molecule has 12 rings (SSSR count).